The molecular formula is C18H19ClN2O. The van der Waals surface area contributed by atoms with Crippen molar-refractivity contribution in [1.29, 1.82) is 0 Å². The number of halogens is 1. The van der Waals surface area contributed by atoms with Crippen molar-refractivity contribution in [2.75, 3.05) is 13.6 Å². The molecule has 2 N–H and O–H groups in total. The van der Waals surface area contributed by atoms with E-state index < -0.39 is 6.10 Å². The average Bonchev–Trinajstić information content (AvgIpc) is 2.92. The number of nitrogens with one attached hydrogen (secondary N) is 1. The minimum atomic E-state index is -0.556. The van der Waals surface area contributed by atoms with Crippen molar-refractivity contribution >= 4 is 22.5 Å². The average molecular weight is 315 g/mol. The Morgan fingerprint density at radius 2 is 1.95 bits per heavy atom. The third kappa shape index (κ3) is 2.88. The van der Waals surface area contributed by atoms with Crippen LogP contribution in [-0.2, 0) is 0 Å². The molecule has 0 amide bonds. The second-order valence-corrected chi connectivity index (χ2v) is 5.84. The molecule has 0 unspecified atom stereocenters. The van der Waals surface area contributed by atoms with Crippen molar-refractivity contribution in [2.45, 2.75) is 12.1 Å². The molecule has 22 heavy (non-hydrogen) atoms. The summed E-state index contributed by atoms with van der Waals surface area (Å²) in [6.07, 6.45) is 1.47. The highest BCUT2D eigenvalue weighted by Crippen LogP contribution is 2.29. The van der Waals surface area contributed by atoms with Gasteiger partial charge in [-0.3, -0.25) is 0 Å². The van der Waals surface area contributed by atoms with Crippen LogP contribution in [0, 0.1) is 0 Å². The van der Waals surface area contributed by atoms with Crippen molar-refractivity contribution in [3.05, 3.63) is 71.4 Å². The van der Waals surface area contributed by atoms with E-state index in [1.54, 1.807) is 0 Å². The first-order valence-electron chi connectivity index (χ1n) is 7.34. The third-order valence-electron chi connectivity index (χ3n) is 3.90. The lowest BCUT2D eigenvalue weighted by Crippen LogP contribution is -2.33. The molecule has 0 bridgehead atoms. The number of hydrogen-bond donors (Lipinski definition) is 2. The molecule has 0 aliphatic heterocycles. The number of rotatable bonds is 5. The Morgan fingerprint density at radius 1 is 1.14 bits per heavy atom. The first-order chi connectivity index (χ1) is 10.7. The van der Waals surface area contributed by atoms with Gasteiger partial charge in [-0.05, 0) is 42.3 Å². The van der Waals surface area contributed by atoms with E-state index in [-0.39, 0.29) is 6.04 Å². The summed E-state index contributed by atoms with van der Waals surface area (Å²) in [5.74, 6) is 0. The standard InChI is InChI=1S/C18H19ClN2O/c1-20-12-17(22)18(14-6-4-7-15(19)11-14)21-10-9-13-5-2-3-8-16(13)21/h2-11,17-18,20,22H,12H2,1H3/t17-,18+/m1/s1. The predicted octanol–water partition coefficient (Wildman–Crippen LogP) is 3.46. The highest BCUT2D eigenvalue weighted by atomic mass is 35.5. The highest BCUT2D eigenvalue weighted by molar-refractivity contribution is 6.30. The van der Waals surface area contributed by atoms with Crippen LogP contribution in [0.15, 0.2) is 60.8 Å². The van der Waals surface area contributed by atoms with Crippen molar-refractivity contribution in [1.82, 2.24) is 9.88 Å². The molecule has 0 spiro atoms. The second-order valence-electron chi connectivity index (χ2n) is 5.41. The number of benzene rings is 2. The Hall–Kier alpha value is -1.81. The van der Waals surface area contributed by atoms with E-state index in [9.17, 15) is 5.11 Å². The Morgan fingerprint density at radius 3 is 2.73 bits per heavy atom. The molecule has 0 aliphatic carbocycles. The van der Waals surface area contributed by atoms with Gasteiger partial charge in [-0.15, -0.1) is 0 Å². The van der Waals surface area contributed by atoms with E-state index in [2.05, 4.69) is 28.1 Å². The van der Waals surface area contributed by atoms with E-state index >= 15 is 0 Å². The number of para-hydroxylation sites is 1. The maximum atomic E-state index is 10.7. The second kappa shape index (κ2) is 6.53. The first-order valence-corrected chi connectivity index (χ1v) is 7.72. The molecule has 0 fully saturated rings. The van der Waals surface area contributed by atoms with Crippen LogP contribution in [0.3, 0.4) is 0 Å². The summed E-state index contributed by atoms with van der Waals surface area (Å²) in [6, 6.07) is 17.7. The molecule has 0 aliphatic rings. The van der Waals surface area contributed by atoms with Crippen LogP contribution in [0.2, 0.25) is 5.02 Å². The van der Waals surface area contributed by atoms with Crippen LogP contribution in [0.4, 0.5) is 0 Å². The van der Waals surface area contributed by atoms with Gasteiger partial charge in [0.05, 0.1) is 12.1 Å². The van der Waals surface area contributed by atoms with Crippen LogP contribution in [-0.4, -0.2) is 29.4 Å². The van der Waals surface area contributed by atoms with E-state index in [1.165, 1.54) is 0 Å². The van der Waals surface area contributed by atoms with Gasteiger partial charge in [0.25, 0.3) is 0 Å². The van der Waals surface area contributed by atoms with Crippen molar-refractivity contribution in [2.24, 2.45) is 0 Å². The molecule has 2 atom stereocenters. The zero-order chi connectivity index (χ0) is 15.5. The van der Waals surface area contributed by atoms with Gasteiger partial charge in [0.1, 0.15) is 0 Å². The largest absolute Gasteiger partial charge is 0.389 e. The van der Waals surface area contributed by atoms with Crippen LogP contribution in [0.5, 0.6) is 0 Å². The summed E-state index contributed by atoms with van der Waals surface area (Å²) >= 11 is 6.14. The Labute approximate surface area is 135 Å². The van der Waals surface area contributed by atoms with Gasteiger partial charge in [-0.25, -0.2) is 0 Å². The summed E-state index contributed by atoms with van der Waals surface area (Å²) in [6.45, 7) is 0.504. The Balaban J connectivity index is 2.13. The van der Waals surface area contributed by atoms with Gasteiger partial charge in [-0.2, -0.15) is 0 Å². The minimum absolute atomic E-state index is 0.189. The smallest absolute Gasteiger partial charge is 0.0912 e. The summed E-state index contributed by atoms with van der Waals surface area (Å²) < 4.78 is 2.11. The van der Waals surface area contributed by atoms with Crippen LogP contribution >= 0.6 is 11.6 Å². The maximum absolute atomic E-state index is 10.7. The van der Waals surface area contributed by atoms with Crippen molar-refractivity contribution < 1.29 is 5.11 Å². The van der Waals surface area contributed by atoms with Gasteiger partial charge < -0.3 is 15.0 Å². The van der Waals surface area contributed by atoms with Crippen molar-refractivity contribution in [3.63, 3.8) is 0 Å². The van der Waals surface area contributed by atoms with Crippen LogP contribution in [0.1, 0.15) is 11.6 Å². The molecule has 0 radical (unpaired) electrons. The highest BCUT2D eigenvalue weighted by Gasteiger charge is 2.23. The van der Waals surface area contributed by atoms with Gasteiger partial charge >= 0.3 is 0 Å². The molecule has 1 heterocycles. The number of aromatic nitrogens is 1. The molecule has 1 aromatic heterocycles. The summed E-state index contributed by atoms with van der Waals surface area (Å²) in [5, 5.41) is 15.5. The number of aliphatic hydroxyl groups is 1. The van der Waals surface area contributed by atoms with Crippen LogP contribution in [0.25, 0.3) is 10.9 Å². The topological polar surface area (TPSA) is 37.2 Å². The fourth-order valence-corrected chi connectivity index (χ4v) is 3.13. The van der Waals surface area contributed by atoms with Gasteiger partial charge in [0, 0.05) is 23.3 Å². The number of nitrogens with zero attached hydrogens (tertiary/aromatic N) is 1. The minimum Gasteiger partial charge on any atom is -0.389 e. The van der Waals surface area contributed by atoms with Crippen molar-refractivity contribution in [3.8, 4) is 0 Å². The first kappa shape index (κ1) is 15.1. The molecule has 0 saturated heterocycles. The summed E-state index contributed by atoms with van der Waals surface area (Å²) in [7, 11) is 1.84. The van der Waals surface area contributed by atoms with E-state index in [0.717, 1.165) is 16.5 Å². The van der Waals surface area contributed by atoms with E-state index in [1.807, 2.05) is 49.6 Å². The molecule has 3 aromatic rings. The summed E-state index contributed by atoms with van der Waals surface area (Å²) in [4.78, 5) is 0. The summed E-state index contributed by atoms with van der Waals surface area (Å²) in [5.41, 5.74) is 2.10. The Kier molecular flexibility index (Phi) is 4.48. The van der Waals surface area contributed by atoms with Gasteiger partial charge in [0.2, 0.25) is 0 Å². The normalized spacial score (nSPS) is 14.1. The number of aliphatic hydroxyl groups excluding tert-OH is 1. The van der Waals surface area contributed by atoms with Gasteiger partial charge in [-0.1, -0.05) is 41.9 Å². The van der Waals surface area contributed by atoms with E-state index in [0.29, 0.717) is 11.6 Å². The van der Waals surface area contributed by atoms with Gasteiger partial charge in [0.15, 0.2) is 0 Å². The molecule has 0 saturated carbocycles. The fraction of sp³-hybridized carbons (Fsp3) is 0.222. The molecular weight excluding hydrogens is 296 g/mol. The lowest BCUT2D eigenvalue weighted by molar-refractivity contribution is 0.132. The molecule has 3 nitrogen and oxygen atoms in total. The fourth-order valence-electron chi connectivity index (χ4n) is 2.93. The molecule has 3 rings (SSSR count). The quantitative estimate of drug-likeness (QED) is 0.756. The molecule has 4 heteroatoms. The zero-order valence-electron chi connectivity index (χ0n) is 12.4. The molecule has 114 valence electrons. The maximum Gasteiger partial charge on any atom is 0.0912 e. The van der Waals surface area contributed by atoms with E-state index in [4.69, 9.17) is 11.6 Å². The lowest BCUT2D eigenvalue weighted by Gasteiger charge is -2.26. The molecule has 2 aromatic carbocycles. The zero-order valence-corrected chi connectivity index (χ0v) is 13.2. The number of fused-ring (bicyclic) bond motifs is 1. The SMILES string of the molecule is CNC[C@@H](O)[C@H](c1cccc(Cl)c1)n1ccc2ccccc21. The number of likely N-dealkylation sites (N-methyl/N-ethyl adjacent to an activating group) is 1. The Bertz CT molecular complexity index is 768. The number of hydrogen-bond acceptors (Lipinski definition) is 2. The third-order valence-corrected chi connectivity index (χ3v) is 4.13. The predicted molar refractivity (Wildman–Crippen MR) is 91.5 cm³/mol. The van der Waals surface area contributed by atoms with Crippen LogP contribution < -0.4 is 5.32 Å². The monoisotopic (exact) mass is 314 g/mol. The lowest BCUT2D eigenvalue weighted by atomic mass is 10.0.